The van der Waals surface area contributed by atoms with E-state index in [1.165, 1.54) is 12.4 Å². The molecule has 0 aliphatic rings. The lowest BCUT2D eigenvalue weighted by Crippen LogP contribution is -2.34. The molecular formula is C12H12F3N3O2. The van der Waals surface area contributed by atoms with Crippen LogP contribution in [0.3, 0.4) is 0 Å². The molecule has 1 aromatic rings. The summed E-state index contributed by atoms with van der Waals surface area (Å²) in [5.41, 5.74) is 0.634. The Balaban J connectivity index is 2.64. The van der Waals surface area contributed by atoms with Gasteiger partial charge in [-0.2, -0.15) is 18.4 Å². The minimum absolute atomic E-state index is 0.00137. The van der Waals surface area contributed by atoms with Gasteiger partial charge in [-0.25, -0.2) is 4.79 Å². The van der Waals surface area contributed by atoms with Gasteiger partial charge in [0.15, 0.2) is 6.61 Å². The number of nitriles is 1. The van der Waals surface area contributed by atoms with E-state index in [2.05, 4.69) is 9.72 Å². The molecule has 1 aromatic heterocycles. The van der Waals surface area contributed by atoms with Gasteiger partial charge < -0.3 is 9.64 Å². The Morgan fingerprint density at radius 3 is 2.80 bits per heavy atom. The lowest BCUT2D eigenvalue weighted by molar-refractivity contribution is -0.162. The van der Waals surface area contributed by atoms with Crippen LogP contribution in [0.1, 0.15) is 12.0 Å². The number of carbonyl (C=O) groups excluding carboxylic acids is 1. The fraction of sp³-hybridized carbons (Fsp3) is 0.417. The van der Waals surface area contributed by atoms with E-state index in [1.54, 1.807) is 12.1 Å². The molecule has 108 valence electrons. The quantitative estimate of drug-likeness (QED) is 0.834. The summed E-state index contributed by atoms with van der Waals surface area (Å²) in [4.78, 5) is 16.4. The molecule has 0 spiro atoms. The summed E-state index contributed by atoms with van der Waals surface area (Å²) in [6.45, 7) is -1.63. The standard InChI is InChI=1S/C12H12F3N3O2/c13-12(14,15)9-20-11(19)18(6-2-4-16)8-10-3-1-5-17-7-10/h1,3,5,7H,2,6,8-9H2. The minimum Gasteiger partial charge on any atom is -0.440 e. The lowest BCUT2D eigenvalue weighted by Gasteiger charge is -2.21. The molecule has 5 nitrogen and oxygen atoms in total. The van der Waals surface area contributed by atoms with Crippen LogP contribution in [0, 0.1) is 11.3 Å². The van der Waals surface area contributed by atoms with Crippen LogP contribution in [0.25, 0.3) is 0 Å². The van der Waals surface area contributed by atoms with Crippen LogP contribution in [0.5, 0.6) is 0 Å². The Morgan fingerprint density at radius 2 is 2.25 bits per heavy atom. The monoisotopic (exact) mass is 287 g/mol. The zero-order valence-electron chi connectivity index (χ0n) is 10.4. The molecule has 0 N–H and O–H groups in total. The predicted molar refractivity (Wildman–Crippen MR) is 62.3 cm³/mol. The summed E-state index contributed by atoms with van der Waals surface area (Å²) in [6, 6.07) is 5.13. The largest absolute Gasteiger partial charge is 0.440 e. The van der Waals surface area contributed by atoms with Crippen molar-refractivity contribution in [3.63, 3.8) is 0 Å². The highest BCUT2D eigenvalue weighted by atomic mass is 19.4. The summed E-state index contributed by atoms with van der Waals surface area (Å²) in [6.07, 6.45) is -2.67. The Labute approximate surface area is 113 Å². The summed E-state index contributed by atoms with van der Waals surface area (Å²) in [7, 11) is 0. The topological polar surface area (TPSA) is 66.2 Å². The maximum absolute atomic E-state index is 12.0. The first-order chi connectivity index (χ1) is 9.42. The number of ether oxygens (including phenoxy) is 1. The number of hydrogen-bond donors (Lipinski definition) is 0. The van der Waals surface area contributed by atoms with Crippen LogP contribution in [-0.4, -0.2) is 35.3 Å². The minimum atomic E-state index is -4.58. The second kappa shape index (κ2) is 7.33. The van der Waals surface area contributed by atoms with Crippen molar-refractivity contribution in [1.29, 1.82) is 5.26 Å². The van der Waals surface area contributed by atoms with E-state index in [1.807, 2.05) is 6.07 Å². The van der Waals surface area contributed by atoms with E-state index >= 15 is 0 Å². The molecule has 1 amide bonds. The van der Waals surface area contributed by atoms with Crippen molar-refractivity contribution in [2.24, 2.45) is 0 Å². The molecular weight excluding hydrogens is 275 g/mol. The van der Waals surface area contributed by atoms with Gasteiger partial charge >= 0.3 is 12.3 Å². The van der Waals surface area contributed by atoms with Crippen molar-refractivity contribution >= 4 is 6.09 Å². The number of nitrogens with zero attached hydrogens (tertiary/aromatic N) is 3. The van der Waals surface area contributed by atoms with Crippen LogP contribution in [-0.2, 0) is 11.3 Å². The number of amides is 1. The molecule has 0 aromatic carbocycles. The van der Waals surface area contributed by atoms with Crippen molar-refractivity contribution in [3.8, 4) is 6.07 Å². The molecule has 8 heteroatoms. The Hall–Kier alpha value is -2.30. The smallest absolute Gasteiger partial charge is 0.422 e. The third-order valence-electron chi connectivity index (χ3n) is 2.21. The number of pyridine rings is 1. The number of aromatic nitrogens is 1. The third-order valence-corrected chi connectivity index (χ3v) is 2.21. The summed E-state index contributed by atoms with van der Waals surface area (Å²) in [5.74, 6) is 0. The van der Waals surface area contributed by atoms with Crippen LogP contribution in [0.4, 0.5) is 18.0 Å². The molecule has 0 fully saturated rings. The number of alkyl halides is 3. The zero-order chi connectivity index (χ0) is 15.0. The molecule has 0 aliphatic carbocycles. The first-order valence-corrected chi connectivity index (χ1v) is 5.66. The molecule has 0 aliphatic heterocycles. The van der Waals surface area contributed by atoms with E-state index in [0.29, 0.717) is 5.56 Å². The molecule has 20 heavy (non-hydrogen) atoms. The van der Waals surface area contributed by atoms with Gasteiger partial charge in [0.1, 0.15) is 0 Å². The average Bonchev–Trinajstić information content (AvgIpc) is 2.41. The SMILES string of the molecule is N#CCCN(Cc1cccnc1)C(=O)OCC(F)(F)F. The third kappa shape index (κ3) is 6.04. The molecule has 0 bridgehead atoms. The Kier molecular flexibility index (Phi) is 5.77. The summed E-state index contributed by atoms with van der Waals surface area (Å²) >= 11 is 0. The first kappa shape index (κ1) is 15.8. The summed E-state index contributed by atoms with van der Waals surface area (Å²) < 4.78 is 40.2. The fourth-order valence-corrected chi connectivity index (χ4v) is 1.37. The predicted octanol–water partition coefficient (Wildman–Crippen LogP) is 2.50. The summed E-state index contributed by atoms with van der Waals surface area (Å²) in [5, 5.41) is 8.50. The highest BCUT2D eigenvalue weighted by Crippen LogP contribution is 2.15. The number of rotatable bonds is 5. The van der Waals surface area contributed by atoms with Gasteiger partial charge in [0.05, 0.1) is 19.0 Å². The highest BCUT2D eigenvalue weighted by Gasteiger charge is 2.30. The van der Waals surface area contributed by atoms with Gasteiger partial charge in [-0.3, -0.25) is 4.98 Å². The maximum Gasteiger partial charge on any atom is 0.422 e. The second-order valence-electron chi connectivity index (χ2n) is 3.86. The van der Waals surface area contributed by atoms with Gasteiger partial charge in [-0.1, -0.05) is 6.07 Å². The van der Waals surface area contributed by atoms with Crippen LogP contribution in [0.2, 0.25) is 0 Å². The first-order valence-electron chi connectivity index (χ1n) is 5.66. The van der Waals surface area contributed by atoms with Gasteiger partial charge in [0.25, 0.3) is 0 Å². The fourth-order valence-electron chi connectivity index (χ4n) is 1.37. The van der Waals surface area contributed by atoms with Crippen molar-refractivity contribution in [3.05, 3.63) is 30.1 Å². The average molecular weight is 287 g/mol. The van der Waals surface area contributed by atoms with Crippen LogP contribution < -0.4 is 0 Å². The van der Waals surface area contributed by atoms with E-state index < -0.39 is 18.9 Å². The Bertz CT molecular complexity index is 471. The molecule has 0 radical (unpaired) electrons. The molecule has 0 atom stereocenters. The van der Waals surface area contributed by atoms with Crippen molar-refractivity contribution in [2.45, 2.75) is 19.1 Å². The van der Waals surface area contributed by atoms with Crippen LogP contribution in [0.15, 0.2) is 24.5 Å². The lowest BCUT2D eigenvalue weighted by atomic mass is 10.2. The van der Waals surface area contributed by atoms with Gasteiger partial charge in [0, 0.05) is 18.9 Å². The van der Waals surface area contributed by atoms with Crippen LogP contribution >= 0.6 is 0 Å². The normalized spacial score (nSPS) is 10.7. The number of carbonyl (C=O) groups is 1. The molecule has 1 rings (SSSR count). The van der Waals surface area contributed by atoms with E-state index in [9.17, 15) is 18.0 Å². The Morgan fingerprint density at radius 1 is 1.50 bits per heavy atom. The maximum atomic E-state index is 12.0. The molecule has 1 heterocycles. The van der Waals surface area contributed by atoms with E-state index in [4.69, 9.17) is 5.26 Å². The highest BCUT2D eigenvalue weighted by molar-refractivity contribution is 5.67. The molecule has 0 saturated carbocycles. The van der Waals surface area contributed by atoms with Gasteiger partial charge in [0.2, 0.25) is 0 Å². The molecule has 0 unspecified atom stereocenters. The van der Waals surface area contributed by atoms with Gasteiger partial charge in [-0.05, 0) is 11.6 Å². The zero-order valence-corrected chi connectivity index (χ0v) is 10.4. The van der Waals surface area contributed by atoms with E-state index in [-0.39, 0.29) is 19.5 Å². The van der Waals surface area contributed by atoms with E-state index in [0.717, 1.165) is 4.90 Å². The number of hydrogen-bond acceptors (Lipinski definition) is 4. The van der Waals surface area contributed by atoms with Crippen molar-refractivity contribution in [1.82, 2.24) is 9.88 Å². The van der Waals surface area contributed by atoms with Crippen molar-refractivity contribution in [2.75, 3.05) is 13.2 Å². The second-order valence-corrected chi connectivity index (χ2v) is 3.86. The molecule has 0 saturated heterocycles. The van der Waals surface area contributed by atoms with Gasteiger partial charge in [-0.15, -0.1) is 0 Å². The number of halogens is 3. The van der Waals surface area contributed by atoms with Crippen molar-refractivity contribution < 1.29 is 22.7 Å².